The summed E-state index contributed by atoms with van der Waals surface area (Å²) >= 11 is 0. The molecular formula is C42H18F15N3. The number of fused-ring (bicyclic) bond motifs is 6. The fourth-order valence-corrected chi connectivity index (χ4v) is 7.44. The van der Waals surface area contributed by atoms with E-state index < -0.39 is 109 Å². The molecule has 0 saturated heterocycles. The van der Waals surface area contributed by atoms with Gasteiger partial charge in [0.2, 0.25) is 0 Å². The molecule has 2 aromatic heterocycles. The van der Waals surface area contributed by atoms with Crippen LogP contribution in [0.25, 0.3) is 66.1 Å². The third-order valence-electron chi connectivity index (χ3n) is 10.0. The first-order valence-electron chi connectivity index (χ1n) is 17.1. The fraction of sp³-hybridized carbons (Fsp3) is 0.119. The number of hydrogen-bond acceptors (Lipinski definition) is 1. The van der Waals surface area contributed by atoms with Crippen molar-refractivity contribution in [2.75, 3.05) is 0 Å². The normalized spacial score (nSPS) is 13.2. The van der Waals surface area contributed by atoms with Gasteiger partial charge in [0.05, 0.1) is 72.9 Å². The van der Waals surface area contributed by atoms with Crippen LogP contribution in [0.4, 0.5) is 65.9 Å². The highest BCUT2D eigenvalue weighted by molar-refractivity contribution is 6.12. The van der Waals surface area contributed by atoms with Crippen molar-refractivity contribution in [1.29, 1.82) is 5.26 Å². The third kappa shape index (κ3) is 6.71. The Kier molecular flexibility index (Phi) is 8.82. The molecule has 8 aromatic rings. The van der Waals surface area contributed by atoms with Crippen LogP contribution in [0.5, 0.6) is 0 Å². The Hall–Kier alpha value is -6.64. The highest BCUT2D eigenvalue weighted by Gasteiger charge is 2.37. The lowest BCUT2D eigenvalue weighted by atomic mass is 9.96. The van der Waals surface area contributed by atoms with Crippen LogP contribution < -0.4 is 0 Å². The second-order valence-corrected chi connectivity index (χ2v) is 13.7. The predicted molar refractivity (Wildman–Crippen MR) is 190 cm³/mol. The quantitative estimate of drug-likeness (QED) is 0.163. The number of halogens is 15. The monoisotopic (exact) mass is 849 g/mol. The van der Waals surface area contributed by atoms with Crippen LogP contribution in [0.3, 0.4) is 0 Å². The first kappa shape index (κ1) is 40.2. The molecule has 3 nitrogen and oxygen atoms in total. The van der Waals surface area contributed by atoms with Crippen LogP contribution in [0, 0.1) is 11.3 Å². The van der Waals surface area contributed by atoms with Crippen molar-refractivity contribution >= 4 is 43.6 Å². The van der Waals surface area contributed by atoms with Gasteiger partial charge >= 0.3 is 30.9 Å². The number of aromatic nitrogens is 2. The molecule has 0 bridgehead atoms. The van der Waals surface area contributed by atoms with E-state index in [0.29, 0.717) is 60.7 Å². The van der Waals surface area contributed by atoms with Gasteiger partial charge in [-0.15, -0.1) is 0 Å². The summed E-state index contributed by atoms with van der Waals surface area (Å²) in [5.41, 5.74) is -11.0. The summed E-state index contributed by atoms with van der Waals surface area (Å²) in [5.74, 6) is 0. The number of alkyl halides is 15. The van der Waals surface area contributed by atoms with Gasteiger partial charge in [0.1, 0.15) is 0 Å². The molecule has 0 unspecified atom stereocenters. The van der Waals surface area contributed by atoms with Crippen molar-refractivity contribution in [3.8, 4) is 28.6 Å². The van der Waals surface area contributed by atoms with Gasteiger partial charge in [-0.2, -0.15) is 71.1 Å². The molecule has 8 rings (SSSR count). The minimum Gasteiger partial charge on any atom is -0.308 e. The van der Waals surface area contributed by atoms with Crippen molar-refractivity contribution < 1.29 is 65.9 Å². The summed E-state index contributed by atoms with van der Waals surface area (Å²) in [4.78, 5) is 0. The topological polar surface area (TPSA) is 33.6 Å². The number of benzene rings is 6. The Balaban J connectivity index is 1.65. The minimum absolute atomic E-state index is 0.0906. The minimum atomic E-state index is -5.07. The van der Waals surface area contributed by atoms with Crippen LogP contribution in [0.15, 0.2) is 109 Å². The van der Waals surface area contributed by atoms with Gasteiger partial charge in [0.15, 0.2) is 0 Å². The Bertz CT molecular complexity index is 2780. The van der Waals surface area contributed by atoms with Gasteiger partial charge in [-0.25, -0.2) is 0 Å². The van der Waals surface area contributed by atoms with E-state index in [0.717, 1.165) is 57.7 Å². The molecule has 0 aliphatic heterocycles. The maximum atomic E-state index is 14.3. The van der Waals surface area contributed by atoms with E-state index in [2.05, 4.69) is 0 Å². The number of rotatable bonds is 3. The SMILES string of the molecule is N#Cc1cc(-n2c3cc(C(F)(F)F)ccc3c3ccc(C(F)(F)F)cc32)c(-c2cccc(C(F)(F)F)c2)c(-n2c3cc(C(F)(F)F)ccc3c3ccc(C(F)(F)F)cc32)c1. The van der Waals surface area contributed by atoms with Crippen LogP contribution in [0.1, 0.15) is 33.4 Å². The molecular weight excluding hydrogens is 831 g/mol. The van der Waals surface area contributed by atoms with Crippen molar-refractivity contribution in [2.24, 2.45) is 0 Å². The highest BCUT2D eigenvalue weighted by Crippen LogP contribution is 2.47. The van der Waals surface area contributed by atoms with E-state index in [1.54, 1.807) is 6.07 Å². The molecule has 0 spiro atoms. The first-order valence-corrected chi connectivity index (χ1v) is 17.1. The maximum Gasteiger partial charge on any atom is 0.416 e. The Morgan fingerprint density at radius 2 is 0.667 bits per heavy atom. The third-order valence-corrected chi connectivity index (χ3v) is 10.0. The van der Waals surface area contributed by atoms with Gasteiger partial charge in [-0.3, -0.25) is 0 Å². The largest absolute Gasteiger partial charge is 0.416 e. The summed E-state index contributed by atoms with van der Waals surface area (Å²) in [6.45, 7) is 0. The molecule has 0 amide bonds. The van der Waals surface area contributed by atoms with Crippen molar-refractivity contribution in [3.05, 3.63) is 143 Å². The lowest BCUT2D eigenvalue weighted by Gasteiger charge is -2.22. The van der Waals surface area contributed by atoms with Crippen molar-refractivity contribution in [1.82, 2.24) is 9.13 Å². The van der Waals surface area contributed by atoms with Gasteiger partial charge in [0, 0.05) is 27.1 Å². The zero-order chi connectivity index (χ0) is 43.5. The molecule has 0 atom stereocenters. The first-order chi connectivity index (χ1) is 27.9. The molecule has 6 aromatic carbocycles. The smallest absolute Gasteiger partial charge is 0.308 e. The zero-order valence-corrected chi connectivity index (χ0v) is 29.4. The van der Waals surface area contributed by atoms with E-state index in [4.69, 9.17) is 0 Å². The lowest BCUT2D eigenvalue weighted by Crippen LogP contribution is -2.09. The summed E-state index contributed by atoms with van der Waals surface area (Å²) in [6.07, 6.45) is -25.3. The second-order valence-electron chi connectivity index (χ2n) is 13.7. The number of nitriles is 1. The lowest BCUT2D eigenvalue weighted by molar-refractivity contribution is -0.138. The van der Waals surface area contributed by atoms with Gasteiger partial charge in [-0.1, -0.05) is 36.4 Å². The van der Waals surface area contributed by atoms with E-state index in [1.165, 1.54) is 0 Å². The summed E-state index contributed by atoms with van der Waals surface area (Å²) in [5, 5.41) is 9.98. The van der Waals surface area contributed by atoms with Crippen LogP contribution in [0.2, 0.25) is 0 Å². The molecule has 0 aliphatic rings. The summed E-state index contributed by atoms with van der Waals surface area (Å²) in [7, 11) is 0. The molecule has 18 heteroatoms. The number of hydrogen-bond donors (Lipinski definition) is 0. The Labute approximate surface area is 325 Å². The molecule has 0 fully saturated rings. The molecule has 60 heavy (non-hydrogen) atoms. The second kappa shape index (κ2) is 13.2. The Morgan fingerprint density at radius 1 is 0.367 bits per heavy atom. The standard InChI is InChI=1S/C42H18F15N3/c43-38(44,45)22-3-1-2-21(14-22)37-35(59-31-15-23(39(46,47)48)4-8-27(31)28-9-5-24(16-32(28)59)40(49,50)51)12-20(19-58)13-36(37)60-33-17-25(41(52,53)54)6-10-29(33)30-11-7-26(18-34(30)60)42(55,56)57/h1-18H. The highest BCUT2D eigenvalue weighted by atomic mass is 19.4. The van der Waals surface area contributed by atoms with Gasteiger partial charge < -0.3 is 9.13 Å². The van der Waals surface area contributed by atoms with E-state index in [9.17, 15) is 71.1 Å². The molecule has 306 valence electrons. The fourth-order valence-electron chi connectivity index (χ4n) is 7.44. The van der Waals surface area contributed by atoms with Crippen LogP contribution >= 0.6 is 0 Å². The average molecular weight is 850 g/mol. The summed E-state index contributed by atoms with van der Waals surface area (Å²) < 4.78 is 216. The van der Waals surface area contributed by atoms with E-state index in [1.807, 2.05) is 0 Å². The van der Waals surface area contributed by atoms with Crippen LogP contribution in [-0.4, -0.2) is 9.13 Å². The average Bonchev–Trinajstić information content (AvgIpc) is 3.67. The Morgan fingerprint density at radius 3 is 0.950 bits per heavy atom. The van der Waals surface area contributed by atoms with Crippen molar-refractivity contribution in [3.63, 3.8) is 0 Å². The molecule has 0 aliphatic carbocycles. The molecule has 0 N–H and O–H groups in total. The van der Waals surface area contributed by atoms with Crippen molar-refractivity contribution in [2.45, 2.75) is 30.9 Å². The molecule has 2 heterocycles. The predicted octanol–water partition coefficient (Wildman–Crippen LogP) is 14.5. The zero-order valence-electron chi connectivity index (χ0n) is 29.4. The van der Waals surface area contributed by atoms with Crippen LogP contribution in [-0.2, 0) is 30.9 Å². The molecule has 0 saturated carbocycles. The maximum absolute atomic E-state index is 14.3. The van der Waals surface area contributed by atoms with Gasteiger partial charge in [-0.05, 0) is 78.4 Å². The van der Waals surface area contributed by atoms with Gasteiger partial charge in [0.25, 0.3) is 0 Å². The van der Waals surface area contributed by atoms with E-state index >= 15 is 0 Å². The number of nitrogens with zero attached hydrogens (tertiary/aromatic N) is 3. The molecule has 0 radical (unpaired) electrons. The summed E-state index contributed by atoms with van der Waals surface area (Å²) in [6, 6.07) is 15.4. The van der Waals surface area contributed by atoms with E-state index in [-0.39, 0.29) is 21.5 Å².